The summed E-state index contributed by atoms with van der Waals surface area (Å²) in [5.74, 6) is -0.518. The Balaban J connectivity index is 1.52. The molecule has 0 radical (unpaired) electrons. The molecule has 0 unspecified atom stereocenters. The third kappa shape index (κ3) is 5.85. The van der Waals surface area contributed by atoms with Crippen LogP contribution in [0.5, 0.6) is 0 Å². The number of halogens is 2. The zero-order valence-corrected chi connectivity index (χ0v) is 18.1. The van der Waals surface area contributed by atoms with Gasteiger partial charge in [-0.1, -0.05) is 28.1 Å². The number of nitrogens with one attached hydrogen (secondary N) is 1. The van der Waals surface area contributed by atoms with Crippen LogP contribution in [0.25, 0.3) is 0 Å². The Morgan fingerprint density at radius 2 is 1.83 bits per heavy atom. The minimum absolute atomic E-state index is 0.161. The van der Waals surface area contributed by atoms with Gasteiger partial charge in [-0.2, -0.15) is 4.31 Å². The summed E-state index contributed by atoms with van der Waals surface area (Å²) in [4.78, 5) is 12.3. The molecule has 6 nitrogen and oxygen atoms in total. The van der Waals surface area contributed by atoms with Gasteiger partial charge in [0.2, 0.25) is 15.9 Å². The SMILES string of the molecule is O=C(CCc1ccc(S(=O)(=O)N2CCOCC2)cc1)NCc1cc(F)ccc1Br. The van der Waals surface area contributed by atoms with Gasteiger partial charge in [0.25, 0.3) is 0 Å². The Morgan fingerprint density at radius 1 is 1.14 bits per heavy atom. The number of carbonyl (C=O) groups excluding carboxylic acids is 1. The first-order valence-electron chi connectivity index (χ1n) is 9.24. The van der Waals surface area contributed by atoms with Crippen LogP contribution >= 0.6 is 15.9 Å². The average molecular weight is 485 g/mol. The molecule has 1 aliphatic heterocycles. The van der Waals surface area contributed by atoms with E-state index in [4.69, 9.17) is 4.74 Å². The Labute approximate surface area is 178 Å². The molecule has 1 heterocycles. The van der Waals surface area contributed by atoms with Crippen LogP contribution in [0.1, 0.15) is 17.5 Å². The molecule has 156 valence electrons. The van der Waals surface area contributed by atoms with E-state index >= 15 is 0 Å². The van der Waals surface area contributed by atoms with Crippen molar-refractivity contribution in [2.75, 3.05) is 26.3 Å². The number of carbonyl (C=O) groups is 1. The van der Waals surface area contributed by atoms with Crippen LogP contribution in [-0.4, -0.2) is 44.9 Å². The first kappa shape index (κ1) is 21.9. The number of amides is 1. The molecule has 0 atom stereocenters. The molecule has 9 heteroatoms. The quantitative estimate of drug-likeness (QED) is 0.655. The molecule has 3 rings (SSSR count). The number of morpholine rings is 1. The predicted molar refractivity (Wildman–Crippen MR) is 110 cm³/mol. The van der Waals surface area contributed by atoms with Crippen LogP contribution in [0.2, 0.25) is 0 Å². The fourth-order valence-corrected chi connectivity index (χ4v) is 4.78. The lowest BCUT2D eigenvalue weighted by molar-refractivity contribution is -0.121. The number of sulfonamides is 1. The van der Waals surface area contributed by atoms with Crippen molar-refractivity contribution in [3.05, 3.63) is 63.9 Å². The predicted octanol–water partition coefficient (Wildman–Crippen LogP) is 2.86. The van der Waals surface area contributed by atoms with E-state index in [1.54, 1.807) is 30.3 Å². The topological polar surface area (TPSA) is 75.7 Å². The van der Waals surface area contributed by atoms with E-state index < -0.39 is 10.0 Å². The third-order valence-corrected chi connectivity index (χ3v) is 7.34. The number of ether oxygens (including phenoxy) is 1. The fourth-order valence-electron chi connectivity index (χ4n) is 2.98. The van der Waals surface area contributed by atoms with Gasteiger partial charge in [-0.3, -0.25) is 4.79 Å². The van der Waals surface area contributed by atoms with Crippen LogP contribution < -0.4 is 5.32 Å². The Kier molecular flexibility index (Phi) is 7.39. The summed E-state index contributed by atoms with van der Waals surface area (Å²) in [7, 11) is -3.52. The largest absolute Gasteiger partial charge is 0.379 e. The zero-order valence-electron chi connectivity index (χ0n) is 15.7. The van der Waals surface area contributed by atoms with E-state index in [0.29, 0.717) is 38.3 Å². The van der Waals surface area contributed by atoms with Gasteiger partial charge in [0.1, 0.15) is 5.82 Å². The molecule has 0 saturated carbocycles. The molecule has 0 spiro atoms. The lowest BCUT2D eigenvalue weighted by atomic mass is 10.1. The molecular formula is C20H22BrFN2O4S. The molecule has 1 N–H and O–H groups in total. The summed E-state index contributed by atoms with van der Waals surface area (Å²) < 4.78 is 45.9. The van der Waals surface area contributed by atoms with E-state index in [2.05, 4.69) is 21.2 Å². The molecule has 0 aliphatic carbocycles. The van der Waals surface area contributed by atoms with Crippen molar-refractivity contribution in [1.29, 1.82) is 0 Å². The number of rotatable bonds is 7. The molecule has 2 aromatic carbocycles. The minimum Gasteiger partial charge on any atom is -0.379 e. The second-order valence-electron chi connectivity index (χ2n) is 6.67. The second kappa shape index (κ2) is 9.80. The number of nitrogens with zero attached hydrogens (tertiary/aromatic N) is 1. The van der Waals surface area contributed by atoms with E-state index in [9.17, 15) is 17.6 Å². The van der Waals surface area contributed by atoms with Gasteiger partial charge >= 0.3 is 0 Å². The number of hydrogen-bond donors (Lipinski definition) is 1. The van der Waals surface area contributed by atoms with Crippen molar-refractivity contribution < 1.29 is 22.3 Å². The number of benzene rings is 2. The van der Waals surface area contributed by atoms with Gasteiger partial charge in [-0.25, -0.2) is 12.8 Å². The van der Waals surface area contributed by atoms with Crippen LogP contribution in [0.3, 0.4) is 0 Å². The van der Waals surface area contributed by atoms with Gasteiger partial charge < -0.3 is 10.1 Å². The fraction of sp³-hybridized carbons (Fsp3) is 0.350. The highest BCUT2D eigenvalue weighted by molar-refractivity contribution is 9.10. The van der Waals surface area contributed by atoms with Crippen LogP contribution in [-0.2, 0) is 32.5 Å². The first-order chi connectivity index (χ1) is 13.9. The summed E-state index contributed by atoms with van der Waals surface area (Å²) in [5.41, 5.74) is 1.53. The summed E-state index contributed by atoms with van der Waals surface area (Å²) in [5, 5.41) is 2.77. The maximum absolute atomic E-state index is 13.3. The lowest BCUT2D eigenvalue weighted by Gasteiger charge is -2.26. The Morgan fingerprint density at radius 3 is 2.52 bits per heavy atom. The molecule has 2 aromatic rings. The standard InChI is InChI=1S/C20H22BrFN2O4S/c21-19-7-4-17(22)13-16(19)14-23-20(25)8-3-15-1-5-18(6-2-15)29(26,27)24-9-11-28-12-10-24/h1-2,4-7,13H,3,8-12,14H2,(H,23,25). The van der Waals surface area contributed by atoms with Gasteiger partial charge in [-0.05, 0) is 47.9 Å². The minimum atomic E-state index is -3.52. The van der Waals surface area contributed by atoms with E-state index in [1.165, 1.54) is 16.4 Å². The molecule has 29 heavy (non-hydrogen) atoms. The van der Waals surface area contributed by atoms with E-state index in [1.807, 2.05) is 0 Å². The van der Waals surface area contributed by atoms with Crippen LogP contribution in [0.15, 0.2) is 51.8 Å². The summed E-state index contributed by atoms with van der Waals surface area (Å²) in [6, 6.07) is 10.9. The highest BCUT2D eigenvalue weighted by atomic mass is 79.9. The average Bonchev–Trinajstić information content (AvgIpc) is 2.74. The van der Waals surface area contributed by atoms with Gasteiger partial charge in [-0.15, -0.1) is 0 Å². The maximum atomic E-state index is 13.3. The van der Waals surface area contributed by atoms with Crippen molar-refractivity contribution in [1.82, 2.24) is 9.62 Å². The molecule has 0 bridgehead atoms. The summed E-state index contributed by atoms with van der Waals surface area (Å²) in [6.07, 6.45) is 0.733. The van der Waals surface area contributed by atoms with Crippen LogP contribution in [0, 0.1) is 5.82 Å². The van der Waals surface area contributed by atoms with Crippen molar-refractivity contribution in [2.45, 2.75) is 24.3 Å². The van der Waals surface area contributed by atoms with Gasteiger partial charge in [0, 0.05) is 30.5 Å². The zero-order chi connectivity index (χ0) is 20.9. The summed E-state index contributed by atoms with van der Waals surface area (Å²) in [6.45, 7) is 1.74. The molecule has 1 aliphatic rings. The highest BCUT2D eigenvalue weighted by Crippen LogP contribution is 2.19. The first-order valence-corrected chi connectivity index (χ1v) is 11.5. The monoisotopic (exact) mass is 484 g/mol. The molecule has 0 aromatic heterocycles. The summed E-state index contributed by atoms with van der Waals surface area (Å²) >= 11 is 3.33. The molecule has 1 fully saturated rings. The van der Waals surface area contributed by atoms with Crippen molar-refractivity contribution in [3.63, 3.8) is 0 Å². The second-order valence-corrected chi connectivity index (χ2v) is 9.47. The Bertz CT molecular complexity index is 961. The molecular weight excluding hydrogens is 463 g/mol. The van der Waals surface area contributed by atoms with E-state index in [-0.39, 0.29) is 29.6 Å². The highest BCUT2D eigenvalue weighted by Gasteiger charge is 2.26. The Hall–Kier alpha value is -1.81. The third-order valence-electron chi connectivity index (χ3n) is 4.66. The molecule has 1 amide bonds. The van der Waals surface area contributed by atoms with Crippen molar-refractivity contribution in [2.24, 2.45) is 0 Å². The van der Waals surface area contributed by atoms with Gasteiger partial charge in [0.05, 0.1) is 18.1 Å². The van der Waals surface area contributed by atoms with Crippen molar-refractivity contribution >= 4 is 31.9 Å². The van der Waals surface area contributed by atoms with Crippen LogP contribution in [0.4, 0.5) is 4.39 Å². The number of aryl methyl sites for hydroxylation is 1. The molecule has 1 saturated heterocycles. The normalized spacial score (nSPS) is 15.2. The van der Waals surface area contributed by atoms with E-state index in [0.717, 1.165) is 10.0 Å². The van der Waals surface area contributed by atoms with Gasteiger partial charge in [0.15, 0.2) is 0 Å². The lowest BCUT2D eigenvalue weighted by Crippen LogP contribution is -2.40. The number of hydrogen-bond acceptors (Lipinski definition) is 4. The smallest absolute Gasteiger partial charge is 0.243 e. The van der Waals surface area contributed by atoms with Crippen molar-refractivity contribution in [3.8, 4) is 0 Å². The maximum Gasteiger partial charge on any atom is 0.243 e.